The van der Waals surface area contributed by atoms with Gasteiger partial charge in [0.15, 0.2) is 0 Å². The number of rotatable bonds is 11. The summed E-state index contributed by atoms with van der Waals surface area (Å²) in [7, 11) is -3.82. The number of sulfonamides is 1. The van der Waals surface area contributed by atoms with Crippen LogP contribution in [-0.4, -0.2) is 49.6 Å². The van der Waals surface area contributed by atoms with Gasteiger partial charge in [0.25, 0.3) is 5.69 Å². The number of nitrogens with zero attached hydrogens (tertiary/aromatic N) is 1. The molecule has 2 aromatic rings. The molecule has 0 aliphatic heterocycles. The minimum Gasteiger partial charge on any atom is -0.382 e. The summed E-state index contributed by atoms with van der Waals surface area (Å²) in [5, 5.41) is 23.2. The van der Waals surface area contributed by atoms with Crippen molar-refractivity contribution in [2.75, 3.05) is 13.1 Å². The molecule has 2 aromatic carbocycles. The summed E-state index contributed by atoms with van der Waals surface area (Å²) in [5.74, 6) is -0.628. The summed E-state index contributed by atoms with van der Waals surface area (Å²) >= 11 is 0. The Morgan fingerprint density at radius 1 is 1.10 bits per heavy atom. The van der Waals surface area contributed by atoms with E-state index in [2.05, 4.69) is 10.0 Å². The number of aliphatic hydroxyl groups is 1. The van der Waals surface area contributed by atoms with Crippen LogP contribution in [0.25, 0.3) is 0 Å². The van der Waals surface area contributed by atoms with Gasteiger partial charge in [0.05, 0.1) is 9.82 Å². The Bertz CT molecular complexity index is 957. The minimum absolute atomic E-state index is 0. The molecule has 2 rings (SSSR count). The van der Waals surface area contributed by atoms with Crippen LogP contribution < -0.4 is 15.8 Å². The van der Waals surface area contributed by atoms with Crippen LogP contribution in [0.4, 0.5) is 5.69 Å². The molecule has 0 bridgehead atoms. The molecule has 31 heavy (non-hydrogen) atoms. The van der Waals surface area contributed by atoms with Crippen LogP contribution in [0.1, 0.15) is 12.0 Å². The summed E-state index contributed by atoms with van der Waals surface area (Å²) in [4.78, 5) is 21.9. The van der Waals surface area contributed by atoms with E-state index in [9.17, 15) is 28.4 Å². The van der Waals surface area contributed by atoms with Gasteiger partial charge in [-0.15, -0.1) is 12.4 Å². The SMILES string of the molecule is Cl.N[C@@H](Cc1ccccc1)[C@@H](O)C(=O)NCCCNS(=O)(=O)c1ccc([N+](=O)[O-])cc1. The van der Waals surface area contributed by atoms with E-state index in [1.165, 1.54) is 0 Å². The van der Waals surface area contributed by atoms with Crippen molar-refractivity contribution in [3.8, 4) is 0 Å². The minimum atomic E-state index is -3.82. The van der Waals surface area contributed by atoms with E-state index in [0.717, 1.165) is 29.8 Å². The molecule has 0 aromatic heterocycles. The third kappa shape index (κ3) is 8.23. The lowest BCUT2D eigenvalue weighted by Gasteiger charge is -2.18. The Morgan fingerprint density at radius 3 is 2.29 bits per heavy atom. The average Bonchev–Trinajstić information content (AvgIpc) is 2.73. The van der Waals surface area contributed by atoms with Gasteiger partial charge >= 0.3 is 0 Å². The van der Waals surface area contributed by atoms with E-state index in [1.54, 1.807) is 0 Å². The number of carbonyl (C=O) groups is 1. The molecule has 0 fully saturated rings. The zero-order valence-corrected chi connectivity index (χ0v) is 18.1. The van der Waals surface area contributed by atoms with Gasteiger partial charge in [-0.05, 0) is 30.5 Å². The first-order chi connectivity index (χ1) is 14.2. The topological polar surface area (TPSA) is 165 Å². The predicted octanol–water partition coefficient (Wildman–Crippen LogP) is 0.732. The molecule has 0 saturated carbocycles. The van der Waals surface area contributed by atoms with Crippen LogP contribution >= 0.6 is 12.4 Å². The Hall–Kier alpha value is -2.57. The van der Waals surface area contributed by atoms with Crippen molar-refractivity contribution in [3.63, 3.8) is 0 Å². The second-order valence-electron chi connectivity index (χ2n) is 6.59. The molecule has 170 valence electrons. The third-order valence-electron chi connectivity index (χ3n) is 4.29. The number of halogens is 1. The number of carbonyl (C=O) groups excluding carboxylic acids is 1. The zero-order chi connectivity index (χ0) is 22.1. The summed E-state index contributed by atoms with van der Waals surface area (Å²) in [6.45, 7) is 0.169. The lowest BCUT2D eigenvalue weighted by Crippen LogP contribution is -2.47. The number of non-ortho nitro benzene ring substituents is 1. The monoisotopic (exact) mass is 472 g/mol. The fraction of sp³-hybridized carbons (Fsp3) is 0.316. The van der Waals surface area contributed by atoms with Crippen LogP contribution in [-0.2, 0) is 21.2 Å². The maximum atomic E-state index is 12.2. The van der Waals surface area contributed by atoms with Gasteiger partial charge in [-0.1, -0.05) is 30.3 Å². The van der Waals surface area contributed by atoms with Crippen LogP contribution in [0.15, 0.2) is 59.5 Å². The fourth-order valence-electron chi connectivity index (χ4n) is 2.63. The molecule has 0 spiro atoms. The number of benzene rings is 2. The Morgan fingerprint density at radius 2 is 1.71 bits per heavy atom. The molecule has 2 atom stereocenters. The maximum Gasteiger partial charge on any atom is 0.269 e. The Balaban J connectivity index is 0.00000480. The molecule has 0 saturated heterocycles. The van der Waals surface area contributed by atoms with Crippen molar-refractivity contribution in [2.45, 2.75) is 29.9 Å². The number of amides is 1. The van der Waals surface area contributed by atoms with Crippen LogP contribution in [0.3, 0.4) is 0 Å². The molecule has 1 amide bonds. The Kier molecular flexibility index (Phi) is 10.5. The number of nitro benzene ring substituents is 1. The van der Waals surface area contributed by atoms with Gasteiger partial charge in [-0.2, -0.15) is 0 Å². The number of aliphatic hydroxyl groups excluding tert-OH is 1. The average molecular weight is 473 g/mol. The molecule has 5 N–H and O–H groups in total. The first-order valence-corrected chi connectivity index (χ1v) is 10.7. The molecule has 0 aliphatic rings. The predicted molar refractivity (Wildman–Crippen MR) is 117 cm³/mol. The fourth-order valence-corrected chi connectivity index (χ4v) is 3.71. The number of nitro groups is 1. The molecular weight excluding hydrogens is 448 g/mol. The highest BCUT2D eigenvalue weighted by molar-refractivity contribution is 7.89. The van der Waals surface area contributed by atoms with Crippen molar-refractivity contribution in [2.24, 2.45) is 5.73 Å². The molecule has 0 aliphatic carbocycles. The standard InChI is InChI=1S/C19H24N4O6S.ClH/c20-17(13-14-5-2-1-3-6-14)18(24)19(25)21-11-4-12-22-30(28,29)16-9-7-15(8-10-16)23(26)27;/h1-3,5-10,17-18,22,24H,4,11-13,20H2,(H,21,25);1H/t17-,18+;/m0./s1. The van der Waals surface area contributed by atoms with E-state index >= 15 is 0 Å². The second kappa shape index (κ2) is 12.3. The highest BCUT2D eigenvalue weighted by Crippen LogP contribution is 2.15. The Labute approximate surface area is 186 Å². The maximum absolute atomic E-state index is 12.2. The van der Waals surface area contributed by atoms with Crippen molar-refractivity contribution < 1.29 is 23.2 Å². The third-order valence-corrected chi connectivity index (χ3v) is 5.77. The first-order valence-electron chi connectivity index (χ1n) is 9.20. The number of hydrogen-bond acceptors (Lipinski definition) is 7. The smallest absolute Gasteiger partial charge is 0.269 e. The lowest BCUT2D eigenvalue weighted by atomic mass is 10.0. The van der Waals surface area contributed by atoms with E-state index in [4.69, 9.17) is 5.73 Å². The number of nitrogens with one attached hydrogen (secondary N) is 2. The van der Waals surface area contributed by atoms with Crippen molar-refractivity contribution in [1.82, 2.24) is 10.0 Å². The quantitative estimate of drug-likeness (QED) is 0.212. The molecule has 0 unspecified atom stereocenters. The second-order valence-corrected chi connectivity index (χ2v) is 8.36. The van der Waals surface area contributed by atoms with Crippen molar-refractivity contribution in [3.05, 3.63) is 70.3 Å². The van der Waals surface area contributed by atoms with Gasteiger partial charge < -0.3 is 16.2 Å². The van der Waals surface area contributed by atoms with Crippen molar-refractivity contribution >= 4 is 34.0 Å². The number of hydrogen-bond donors (Lipinski definition) is 4. The normalized spacial score (nSPS) is 13.0. The molecular formula is C19H25ClN4O6S. The molecule has 12 heteroatoms. The lowest BCUT2D eigenvalue weighted by molar-refractivity contribution is -0.384. The molecule has 10 nitrogen and oxygen atoms in total. The first kappa shape index (κ1) is 26.5. The summed E-state index contributed by atoms with van der Waals surface area (Å²) < 4.78 is 26.7. The van der Waals surface area contributed by atoms with E-state index in [0.29, 0.717) is 6.42 Å². The van der Waals surface area contributed by atoms with E-state index < -0.39 is 33.0 Å². The molecule has 0 radical (unpaired) electrons. The summed E-state index contributed by atoms with van der Waals surface area (Å²) in [6.07, 6.45) is -0.773. The zero-order valence-electron chi connectivity index (χ0n) is 16.5. The van der Waals surface area contributed by atoms with Crippen LogP contribution in [0.2, 0.25) is 0 Å². The van der Waals surface area contributed by atoms with Gasteiger partial charge in [0.2, 0.25) is 15.9 Å². The summed E-state index contributed by atoms with van der Waals surface area (Å²) in [5.41, 5.74) is 6.58. The van der Waals surface area contributed by atoms with Crippen LogP contribution in [0.5, 0.6) is 0 Å². The van der Waals surface area contributed by atoms with E-state index in [-0.39, 0.29) is 42.5 Å². The van der Waals surface area contributed by atoms with Gasteiger partial charge in [0.1, 0.15) is 6.10 Å². The summed E-state index contributed by atoms with van der Waals surface area (Å²) in [6, 6.07) is 13.0. The highest BCUT2D eigenvalue weighted by atomic mass is 35.5. The largest absolute Gasteiger partial charge is 0.382 e. The van der Waals surface area contributed by atoms with Crippen LogP contribution in [0, 0.1) is 10.1 Å². The van der Waals surface area contributed by atoms with Gasteiger partial charge in [0, 0.05) is 31.3 Å². The number of nitrogens with two attached hydrogens (primary N) is 1. The highest BCUT2D eigenvalue weighted by Gasteiger charge is 2.22. The van der Waals surface area contributed by atoms with E-state index in [1.807, 2.05) is 30.3 Å². The molecule has 0 heterocycles. The van der Waals surface area contributed by atoms with Gasteiger partial charge in [-0.3, -0.25) is 14.9 Å². The van der Waals surface area contributed by atoms with Gasteiger partial charge in [-0.25, -0.2) is 13.1 Å². The van der Waals surface area contributed by atoms with Crippen molar-refractivity contribution in [1.29, 1.82) is 0 Å².